The molecule has 3 N–H and O–H groups in total. The van der Waals surface area contributed by atoms with Crippen LogP contribution in [-0.4, -0.2) is 12.5 Å². The summed E-state index contributed by atoms with van der Waals surface area (Å²) in [5.41, 5.74) is 8.59. The Bertz CT molecular complexity index is 588. The number of nitrogen functional groups attached to an aromatic ring is 1. The van der Waals surface area contributed by atoms with Crippen molar-refractivity contribution in [1.29, 1.82) is 0 Å². The van der Waals surface area contributed by atoms with E-state index in [0.717, 1.165) is 24.1 Å². The molecule has 2 aromatic carbocycles. The molecule has 0 aliphatic heterocycles. The zero-order valence-electron chi connectivity index (χ0n) is 12.0. The fourth-order valence-electron chi connectivity index (χ4n) is 1.99. The summed E-state index contributed by atoms with van der Waals surface area (Å²) in [6.45, 7) is 0.680. The van der Waals surface area contributed by atoms with Gasteiger partial charge in [0.1, 0.15) is 0 Å². The van der Waals surface area contributed by atoms with E-state index < -0.39 is 0 Å². The van der Waals surface area contributed by atoms with E-state index in [1.54, 1.807) is 12.2 Å². The third-order valence-corrected chi connectivity index (χ3v) is 3.15. The number of carbonyl (C=O) groups is 1. The molecule has 1 amide bonds. The molecule has 2 aromatic rings. The molecular formula is C18H20N2O. The van der Waals surface area contributed by atoms with E-state index in [4.69, 9.17) is 5.73 Å². The highest BCUT2D eigenvalue weighted by Gasteiger charge is 1.96. The first kappa shape index (κ1) is 14.9. The van der Waals surface area contributed by atoms with Gasteiger partial charge in [-0.25, -0.2) is 0 Å². The standard InChI is InChI=1S/C18H20N2O/c19-17-11-8-16(9-12-17)10-13-18(21)20-14-4-7-15-5-2-1-3-6-15/h1-3,5-6,8-13H,4,7,14,19H2,(H,20,21)/b13-10+. The second kappa shape index (κ2) is 7.90. The summed E-state index contributed by atoms with van der Waals surface area (Å²) in [6.07, 6.45) is 5.24. The number of hydrogen-bond donors (Lipinski definition) is 2. The SMILES string of the molecule is Nc1ccc(/C=C/C(=O)NCCCc2ccccc2)cc1. The lowest BCUT2D eigenvalue weighted by Crippen LogP contribution is -2.22. The number of rotatable bonds is 6. The number of amides is 1. The first-order chi connectivity index (χ1) is 10.2. The predicted molar refractivity (Wildman–Crippen MR) is 87.7 cm³/mol. The summed E-state index contributed by atoms with van der Waals surface area (Å²) < 4.78 is 0. The molecule has 0 atom stereocenters. The van der Waals surface area contributed by atoms with Gasteiger partial charge in [0, 0.05) is 18.3 Å². The van der Waals surface area contributed by atoms with Gasteiger partial charge in [-0.1, -0.05) is 42.5 Å². The molecule has 0 aliphatic rings. The monoisotopic (exact) mass is 280 g/mol. The van der Waals surface area contributed by atoms with Gasteiger partial charge in [-0.15, -0.1) is 0 Å². The Morgan fingerprint density at radius 3 is 2.48 bits per heavy atom. The summed E-state index contributed by atoms with van der Waals surface area (Å²) >= 11 is 0. The van der Waals surface area contributed by atoms with E-state index in [9.17, 15) is 4.79 Å². The van der Waals surface area contributed by atoms with Crippen molar-refractivity contribution >= 4 is 17.7 Å². The molecule has 0 unspecified atom stereocenters. The van der Waals surface area contributed by atoms with Gasteiger partial charge in [0.25, 0.3) is 0 Å². The van der Waals surface area contributed by atoms with Crippen molar-refractivity contribution in [3.8, 4) is 0 Å². The number of aryl methyl sites for hydroxylation is 1. The van der Waals surface area contributed by atoms with Crippen LogP contribution < -0.4 is 11.1 Å². The van der Waals surface area contributed by atoms with Crippen LogP contribution in [0, 0.1) is 0 Å². The maximum Gasteiger partial charge on any atom is 0.243 e. The van der Waals surface area contributed by atoms with Crippen molar-refractivity contribution in [1.82, 2.24) is 5.32 Å². The van der Waals surface area contributed by atoms with Crippen LogP contribution in [-0.2, 0) is 11.2 Å². The van der Waals surface area contributed by atoms with E-state index in [1.807, 2.05) is 42.5 Å². The summed E-state index contributed by atoms with van der Waals surface area (Å²) in [7, 11) is 0. The first-order valence-electron chi connectivity index (χ1n) is 7.09. The lowest BCUT2D eigenvalue weighted by Gasteiger charge is -2.02. The van der Waals surface area contributed by atoms with Crippen LogP contribution in [0.5, 0.6) is 0 Å². The lowest BCUT2D eigenvalue weighted by atomic mass is 10.1. The van der Waals surface area contributed by atoms with Crippen molar-refractivity contribution < 1.29 is 4.79 Å². The lowest BCUT2D eigenvalue weighted by molar-refractivity contribution is -0.116. The molecule has 0 saturated heterocycles. The van der Waals surface area contributed by atoms with Gasteiger partial charge in [0.2, 0.25) is 5.91 Å². The first-order valence-corrected chi connectivity index (χ1v) is 7.09. The Hall–Kier alpha value is -2.55. The van der Waals surface area contributed by atoms with Crippen molar-refractivity contribution in [2.75, 3.05) is 12.3 Å². The maximum absolute atomic E-state index is 11.7. The summed E-state index contributed by atoms with van der Waals surface area (Å²) in [6, 6.07) is 17.7. The van der Waals surface area contributed by atoms with Gasteiger partial charge in [-0.05, 0) is 42.2 Å². The minimum absolute atomic E-state index is 0.0695. The van der Waals surface area contributed by atoms with Gasteiger partial charge in [-0.2, -0.15) is 0 Å². The van der Waals surface area contributed by atoms with E-state index >= 15 is 0 Å². The Kier molecular flexibility index (Phi) is 5.59. The van der Waals surface area contributed by atoms with E-state index in [1.165, 1.54) is 5.56 Å². The van der Waals surface area contributed by atoms with Gasteiger partial charge >= 0.3 is 0 Å². The van der Waals surface area contributed by atoms with Crippen LogP contribution in [0.15, 0.2) is 60.7 Å². The van der Waals surface area contributed by atoms with E-state index in [2.05, 4.69) is 17.4 Å². The maximum atomic E-state index is 11.7. The minimum atomic E-state index is -0.0695. The molecule has 0 radical (unpaired) electrons. The van der Waals surface area contributed by atoms with Crippen LogP contribution in [0.25, 0.3) is 6.08 Å². The summed E-state index contributed by atoms with van der Waals surface area (Å²) in [5.74, 6) is -0.0695. The Morgan fingerprint density at radius 1 is 1.05 bits per heavy atom. The highest BCUT2D eigenvalue weighted by Crippen LogP contribution is 2.06. The highest BCUT2D eigenvalue weighted by atomic mass is 16.1. The third-order valence-electron chi connectivity index (χ3n) is 3.15. The number of carbonyl (C=O) groups excluding carboxylic acids is 1. The van der Waals surface area contributed by atoms with E-state index in [0.29, 0.717) is 6.54 Å². The fraction of sp³-hybridized carbons (Fsp3) is 0.167. The molecule has 21 heavy (non-hydrogen) atoms. The average Bonchev–Trinajstić information content (AvgIpc) is 2.52. The molecule has 0 aromatic heterocycles. The molecular weight excluding hydrogens is 260 g/mol. The summed E-state index contributed by atoms with van der Waals surface area (Å²) in [5, 5.41) is 2.88. The van der Waals surface area contributed by atoms with Gasteiger partial charge in [0.05, 0.1) is 0 Å². The summed E-state index contributed by atoms with van der Waals surface area (Å²) in [4.78, 5) is 11.7. The van der Waals surface area contributed by atoms with Crippen LogP contribution in [0.3, 0.4) is 0 Å². The molecule has 0 spiro atoms. The number of nitrogens with two attached hydrogens (primary N) is 1. The van der Waals surface area contributed by atoms with Crippen molar-refractivity contribution in [3.05, 3.63) is 71.8 Å². The molecule has 0 fully saturated rings. The zero-order valence-corrected chi connectivity index (χ0v) is 12.0. The fourth-order valence-corrected chi connectivity index (χ4v) is 1.99. The highest BCUT2D eigenvalue weighted by molar-refractivity contribution is 5.91. The Morgan fingerprint density at radius 2 is 1.76 bits per heavy atom. The quantitative estimate of drug-likeness (QED) is 0.485. The largest absolute Gasteiger partial charge is 0.399 e. The second-order valence-electron chi connectivity index (χ2n) is 4.88. The van der Waals surface area contributed by atoms with Gasteiger partial charge in [0.15, 0.2) is 0 Å². The van der Waals surface area contributed by atoms with Gasteiger partial charge in [-0.3, -0.25) is 4.79 Å². The molecule has 108 valence electrons. The van der Waals surface area contributed by atoms with Crippen molar-refractivity contribution in [3.63, 3.8) is 0 Å². The normalized spacial score (nSPS) is 10.7. The van der Waals surface area contributed by atoms with Gasteiger partial charge < -0.3 is 11.1 Å². The number of benzene rings is 2. The molecule has 0 saturated carbocycles. The topological polar surface area (TPSA) is 55.1 Å². The predicted octanol–water partition coefficient (Wildman–Crippen LogP) is 3.03. The zero-order chi connectivity index (χ0) is 14.9. The minimum Gasteiger partial charge on any atom is -0.399 e. The molecule has 0 aliphatic carbocycles. The average molecular weight is 280 g/mol. The van der Waals surface area contributed by atoms with Crippen molar-refractivity contribution in [2.24, 2.45) is 0 Å². The Labute approximate surface area is 125 Å². The van der Waals surface area contributed by atoms with Crippen LogP contribution >= 0.6 is 0 Å². The molecule has 2 rings (SSSR count). The second-order valence-corrected chi connectivity index (χ2v) is 4.88. The smallest absolute Gasteiger partial charge is 0.243 e. The molecule has 3 nitrogen and oxygen atoms in total. The van der Waals surface area contributed by atoms with Crippen LogP contribution in [0.1, 0.15) is 17.5 Å². The molecule has 0 bridgehead atoms. The van der Waals surface area contributed by atoms with Crippen molar-refractivity contribution in [2.45, 2.75) is 12.8 Å². The Balaban J connectivity index is 1.69. The van der Waals surface area contributed by atoms with E-state index in [-0.39, 0.29) is 5.91 Å². The number of hydrogen-bond acceptors (Lipinski definition) is 2. The number of nitrogens with one attached hydrogen (secondary N) is 1. The molecule has 3 heteroatoms. The van der Waals surface area contributed by atoms with Crippen LogP contribution in [0.2, 0.25) is 0 Å². The number of anilines is 1. The third kappa shape index (κ3) is 5.53. The molecule has 0 heterocycles. The van der Waals surface area contributed by atoms with Crippen LogP contribution in [0.4, 0.5) is 5.69 Å².